The molecule has 0 aromatic heterocycles. The van der Waals surface area contributed by atoms with Crippen LogP contribution in [-0.4, -0.2) is 41.8 Å². The molecule has 6 nitrogen and oxygen atoms in total. The van der Waals surface area contributed by atoms with Crippen molar-refractivity contribution in [1.29, 1.82) is 0 Å². The zero-order valence-corrected chi connectivity index (χ0v) is 16.4. The van der Waals surface area contributed by atoms with E-state index in [9.17, 15) is 14.4 Å². The molecule has 1 aromatic carbocycles. The number of nitrogens with one attached hydrogen (secondary N) is 2. The number of carbonyl (C=O) groups is 3. The van der Waals surface area contributed by atoms with Gasteiger partial charge < -0.3 is 10.2 Å². The summed E-state index contributed by atoms with van der Waals surface area (Å²) < 4.78 is 0. The van der Waals surface area contributed by atoms with Crippen LogP contribution in [0.15, 0.2) is 18.2 Å². The van der Waals surface area contributed by atoms with E-state index < -0.39 is 6.04 Å². The molecule has 3 amide bonds. The molecule has 1 atom stereocenters. The molecule has 3 heterocycles. The van der Waals surface area contributed by atoms with E-state index in [4.69, 9.17) is 0 Å². The van der Waals surface area contributed by atoms with Crippen molar-refractivity contribution in [2.45, 2.75) is 44.7 Å². The summed E-state index contributed by atoms with van der Waals surface area (Å²) in [6.07, 6.45) is 3.90. The second-order valence-corrected chi connectivity index (χ2v) is 7.47. The van der Waals surface area contributed by atoms with Gasteiger partial charge >= 0.3 is 0 Å². The molecular weight excluding hydrogens is 378 g/mol. The number of carbonyl (C=O) groups excluding carboxylic acids is 3. The number of hydrogen-bond donors (Lipinski definition) is 2. The van der Waals surface area contributed by atoms with Crippen molar-refractivity contribution in [1.82, 2.24) is 15.5 Å². The van der Waals surface area contributed by atoms with Crippen LogP contribution < -0.4 is 10.6 Å². The van der Waals surface area contributed by atoms with E-state index in [2.05, 4.69) is 22.5 Å². The predicted octanol–water partition coefficient (Wildman–Crippen LogP) is 1.61. The van der Waals surface area contributed by atoms with Gasteiger partial charge in [0.1, 0.15) is 6.04 Å². The summed E-state index contributed by atoms with van der Waals surface area (Å²) in [5, 5.41) is 5.69. The quantitative estimate of drug-likeness (QED) is 0.583. The first-order valence-corrected chi connectivity index (χ1v) is 9.59. The minimum atomic E-state index is -0.572. The van der Waals surface area contributed by atoms with E-state index in [0.29, 0.717) is 24.4 Å². The molecule has 1 unspecified atom stereocenters. The van der Waals surface area contributed by atoms with Crippen LogP contribution in [0.25, 0.3) is 0 Å². The molecule has 0 bridgehead atoms. The monoisotopic (exact) mass is 401 g/mol. The fraction of sp³-hybridized carbons (Fsp3) is 0.476. The first-order valence-electron chi connectivity index (χ1n) is 9.59. The zero-order valence-electron chi connectivity index (χ0n) is 15.6. The number of hydrogen-bond acceptors (Lipinski definition) is 4. The molecule has 0 aliphatic carbocycles. The molecule has 2 saturated heterocycles. The molecule has 0 saturated carbocycles. The largest absolute Gasteiger partial charge is 0.322 e. The van der Waals surface area contributed by atoms with Gasteiger partial charge in [-0.15, -0.1) is 12.4 Å². The van der Waals surface area contributed by atoms with Crippen LogP contribution in [0.2, 0.25) is 0 Å². The summed E-state index contributed by atoms with van der Waals surface area (Å²) in [6.45, 7) is 2.54. The standard InChI is InChI=1S/C21H23N3O3.ClH/c25-19-7-6-18(20(26)23-19)24-13-16-12-15(4-5-17(16)21(24)27)3-1-2-14-8-10-22-11-9-14;/h4-5,12,14,18,22H,2,6-11,13H2,(H,23,25,26);1H. The van der Waals surface area contributed by atoms with Gasteiger partial charge in [-0.2, -0.15) is 0 Å². The van der Waals surface area contributed by atoms with Crippen molar-refractivity contribution >= 4 is 30.1 Å². The van der Waals surface area contributed by atoms with Crippen LogP contribution >= 0.6 is 12.4 Å². The molecule has 0 radical (unpaired) electrons. The molecule has 2 fully saturated rings. The van der Waals surface area contributed by atoms with Gasteiger partial charge in [0, 0.05) is 30.5 Å². The van der Waals surface area contributed by atoms with Gasteiger partial charge in [0.2, 0.25) is 11.8 Å². The van der Waals surface area contributed by atoms with Gasteiger partial charge in [0.05, 0.1) is 0 Å². The van der Waals surface area contributed by atoms with E-state index in [1.807, 2.05) is 12.1 Å². The SMILES string of the molecule is Cl.O=C1CCC(N2Cc3cc(C#CCC4CCNCC4)ccc3C2=O)C(=O)N1. The van der Waals surface area contributed by atoms with E-state index in [1.54, 1.807) is 11.0 Å². The van der Waals surface area contributed by atoms with Gasteiger partial charge in [0.15, 0.2) is 0 Å². The molecule has 1 aromatic rings. The summed E-state index contributed by atoms with van der Waals surface area (Å²) in [6, 6.07) is 5.06. The normalized spacial score (nSPS) is 22.1. The van der Waals surface area contributed by atoms with E-state index in [1.165, 1.54) is 12.8 Å². The van der Waals surface area contributed by atoms with Gasteiger partial charge in [-0.3, -0.25) is 19.7 Å². The lowest BCUT2D eigenvalue weighted by atomic mass is 9.95. The minimum absolute atomic E-state index is 0. The third kappa shape index (κ3) is 4.21. The summed E-state index contributed by atoms with van der Waals surface area (Å²) in [5.41, 5.74) is 2.43. The predicted molar refractivity (Wildman–Crippen MR) is 107 cm³/mol. The minimum Gasteiger partial charge on any atom is -0.322 e. The smallest absolute Gasteiger partial charge is 0.255 e. The molecule has 4 rings (SSSR count). The van der Waals surface area contributed by atoms with E-state index in [0.717, 1.165) is 30.6 Å². The highest BCUT2D eigenvalue weighted by Crippen LogP contribution is 2.28. The molecule has 148 valence electrons. The Morgan fingerprint density at radius 2 is 1.89 bits per heavy atom. The Hall–Kier alpha value is -2.36. The van der Waals surface area contributed by atoms with Crippen LogP contribution in [0, 0.1) is 17.8 Å². The highest BCUT2D eigenvalue weighted by Gasteiger charge is 2.38. The second kappa shape index (κ2) is 8.76. The maximum absolute atomic E-state index is 12.7. The topological polar surface area (TPSA) is 78.5 Å². The number of imide groups is 1. The molecule has 0 spiro atoms. The number of fused-ring (bicyclic) bond motifs is 1. The Morgan fingerprint density at radius 3 is 2.64 bits per heavy atom. The Kier molecular flexibility index (Phi) is 6.38. The summed E-state index contributed by atoms with van der Waals surface area (Å²) >= 11 is 0. The van der Waals surface area contributed by atoms with Crippen LogP contribution in [0.3, 0.4) is 0 Å². The number of amides is 3. The van der Waals surface area contributed by atoms with Gasteiger partial charge in [-0.05, 0) is 62.0 Å². The molecule has 28 heavy (non-hydrogen) atoms. The summed E-state index contributed by atoms with van der Waals surface area (Å²) in [4.78, 5) is 37.7. The Bertz CT molecular complexity index is 852. The third-order valence-corrected chi connectivity index (χ3v) is 5.61. The van der Waals surface area contributed by atoms with Crippen molar-refractivity contribution in [2.75, 3.05) is 13.1 Å². The first kappa shape index (κ1) is 20.4. The Morgan fingerprint density at radius 1 is 1.11 bits per heavy atom. The zero-order chi connectivity index (χ0) is 18.8. The number of nitrogens with zero attached hydrogens (tertiary/aromatic N) is 1. The molecule has 7 heteroatoms. The lowest BCUT2D eigenvalue weighted by Gasteiger charge is -2.29. The first-order chi connectivity index (χ1) is 13.1. The van der Waals surface area contributed by atoms with Crippen molar-refractivity contribution in [3.05, 3.63) is 34.9 Å². The average molecular weight is 402 g/mol. The number of benzene rings is 1. The number of halogens is 1. The van der Waals surface area contributed by atoms with Crippen LogP contribution in [-0.2, 0) is 16.1 Å². The Balaban J connectivity index is 0.00000225. The highest BCUT2D eigenvalue weighted by molar-refractivity contribution is 6.05. The third-order valence-electron chi connectivity index (χ3n) is 5.61. The van der Waals surface area contributed by atoms with E-state index >= 15 is 0 Å². The van der Waals surface area contributed by atoms with Gasteiger partial charge in [0.25, 0.3) is 5.91 Å². The molecular formula is C21H24ClN3O3. The van der Waals surface area contributed by atoms with Crippen LogP contribution in [0.1, 0.15) is 53.6 Å². The fourth-order valence-corrected chi connectivity index (χ4v) is 4.04. The van der Waals surface area contributed by atoms with Gasteiger partial charge in [-0.1, -0.05) is 11.8 Å². The summed E-state index contributed by atoms with van der Waals surface area (Å²) in [7, 11) is 0. The number of piperidine rings is 2. The van der Waals surface area contributed by atoms with Crippen LogP contribution in [0.5, 0.6) is 0 Å². The maximum Gasteiger partial charge on any atom is 0.255 e. The molecule has 3 aliphatic rings. The average Bonchev–Trinajstić information content (AvgIpc) is 2.99. The number of rotatable bonds is 2. The van der Waals surface area contributed by atoms with Crippen molar-refractivity contribution in [3.8, 4) is 11.8 Å². The highest BCUT2D eigenvalue weighted by atomic mass is 35.5. The lowest BCUT2D eigenvalue weighted by Crippen LogP contribution is -2.52. The summed E-state index contributed by atoms with van der Waals surface area (Å²) in [5.74, 6) is 6.37. The maximum atomic E-state index is 12.7. The van der Waals surface area contributed by atoms with Crippen LogP contribution in [0.4, 0.5) is 0 Å². The van der Waals surface area contributed by atoms with Crippen molar-refractivity contribution in [2.24, 2.45) is 5.92 Å². The lowest BCUT2D eigenvalue weighted by molar-refractivity contribution is -0.136. The second-order valence-electron chi connectivity index (χ2n) is 7.47. The van der Waals surface area contributed by atoms with E-state index in [-0.39, 0.29) is 36.5 Å². The van der Waals surface area contributed by atoms with Gasteiger partial charge in [-0.25, -0.2) is 0 Å². The van der Waals surface area contributed by atoms with Crippen molar-refractivity contribution < 1.29 is 14.4 Å². The fourth-order valence-electron chi connectivity index (χ4n) is 4.04. The molecule has 2 N–H and O–H groups in total. The van der Waals surface area contributed by atoms with Crippen molar-refractivity contribution in [3.63, 3.8) is 0 Å². The Labute approximate surface area is 170 Å². The molecule has 3 aliphatic heterocycles.